The number of benzene rings is 1. The molecule has 0 amide bonds. The van der Waals surface area contributed by atoms with Crippen LogP contribution >= 0.6 is 0 Å². The molecular weight excluding hydrogens is 284 g/mol. The van der Waals surface area contributed by atoms with Crippen molar-refractivity contribution in [2.24, 2.45) is 0 Å². The molecule has 0 saturated carbocycles. The monoisotopic (exact) mass is 302 g/mol. The molecule has 1 aliphatic rings. The molecule has 1 aliphatic carbocycles. The van der Waals surface area contributed by atoms with Crippen LogP contribution in [-0.2, 0) is 4.74 Å². The highest BCUT2D eigenvalue weighted by Gasteiger charge is 2.36. The zero-order chi connectivity index (χ0) is 16.4. The van der Waals surface area contributed by atoms with Crippen LogP contribution in [0, 0.1) is 0 Å². The molecule has 116 valence electrons. The lowest BCUT2D eigenvalue weighted by molar-refractivity contribution is 0.0891. The molecule has 1 atom stereocenters. The molecule has 5 nitrogen and oxygen atoms in total. The minimum absolute atomic E-state index is 0.0142. The van der Waals surface area contributed by atoms with Crippen LogP contribution in [0.2, 0.25) is 0 Å². The minimum Gasteiger partial charge on any atom is -0.496 e. The summed E-state index contributed by atoms with van der Waals surface area (Å²) in [4.78, 5) is 25.3. The van der Waals surface area contributed by atoms with Crippen molar-refractivity contribution in [3.05, 3.63) is 52.8 Å². The maximum absolute atomic E-state index is 12.7. The normalized spacial score (nSPS) is 15.5. The van der Waals surface area contributed by atoms with Crippen LogP contribution in [0.15, 0.2) is 41.7 Å². The number of methoxy groups -OCH3 is 2. The smallest absolute Gasteiger partial charge is 0.232 e. The molecule has 0 radical (unpaired) electrons. The van der Waals surface area contributed by atoms with Crippen LogP contribution in [0.4, 0.5) is 0 Å². The van der Waals surface area contributed by atoms with Gasteiger partial charge in [-0.05, 0) is 13.0 Å². The molecule has 5 heteroatoms. The Morgan fingerprint density at radius 3 is 2.45 bits per heavy atom. The first-order chi connectivity index (χ1) is 10.4. The number of aliphatic hydroxyl groups excluding tert-OH is 1. The quantitative estimate of drug-likeness (QED) is 0.845. The summed E-state index contributed by atoms with van der Waals surface area (Å²) in [6, 6.07) is 4.83. The average Bonchev–Trinajstić information content (AvgIpc) is 2.51. The predicted octanol–water partition coefficient (Wildman–Crippen LogP) is 2.30. The number of hydrogen-bond donors (Lipinski definition) is 1. The van der Waals surface area contributed by atoms with E-state index in [0.717, 1.165) is 0 Å². The number of hydrogen-bond acceptors (Lipinski definition) is 5. The molecule has 0 fully saturated rings. The van der Waals surface area contributed by atoms with Crippen molar-refractivity contribution in [1.82, 2.24) is 0 Å². The van der Waals surface area contributed by atoms with Gasteiger partial charge in [-0.2, -0.15) is 0 Å². The van der Waals surface area contributed by atoms with E-state index < -0.39 is 11.9 Å². The Labute approximate surface area is 128 Å². The number of carbonyl (C=O) groups is 2. The SMILES string of the molecule is C=C(C)[C@@H](O)CC1=C(OC)C(=O)c2c(OC)cccc2C1=O. The van der Waals surface area contributed by atoms with E-state index in [1.807, 2.05) is 0 Å². The zero-order valence-corrected chi connectivity index (χ0v) is 12.8. The Balaban J connectivity index is 2.58. The van der Waals surface area contributed by atoms with Gasteiger partial charge in [0.15, 0.2) is 11.5 Å². The Bertz CT molecular complexity index is 684. The lowest BCUT2D eigenvalue weighted by atomic mass is 9.84. The summed E-state index contributed by atoms with van der Waals surface area (Å²) in [5, 5.41) is 9.97. The third kappa shape index (κ3) is 2.55. The fourth-order valence-corrected chi connectivity index (χ4v) is 2.41. The molecule has 1 N–H and O–H groups in total. The van der Waals surface area contributed by atoms with Crippen molar-refractivity contribution in [1.29, 1.82) is 0 Å². The highest BCUT2D eigenvalue weighted by Crippen LogP contribution is 2.34. The van der Waals surface area contributed by atoms with Gasteiger partial charge < -0.3 is 14.6 Å². The number of rotatable bonds is 5. The number of allylic oxidation sites excluding steroid dienone is 1. The van der Waals surface area contributed by atoms with Gasteiger partial charge in [-0.15, -0.1) is 0 Å². The van der Waals surface area contributed by atoms with Gasteiger partial charge in [-0.3, -0.25) is 9.59 Å². The van der Waals surface area contributed by atoms with Gasteiger partial charge in [0.1, 0.15) is 5.75 Å². The van der Waals surface area contributed by atoms with Gasteiger partial charge in [-0.25, -0.2) is 0 Å². The molecule has 1 aromatic rings. The summed E-state index contributed by atoms with van der Waals surface area (Å²) in [5.41, 5.74) is 1.12. The molecule has 0 spiro atoms. The number of carbonyl (C=O) groups excluding carboxylic acids is 2. The molecule has 0 aromatic heterocycles. The molecular formula is C17H18O5. The molecule has 0 saturated heterocycles. The summed E-state index contributed by atoms with van der Waals surface area (Å²) in [6.45, 7) is 5.31. The first kappa shape index (κ1) is 16.0. The van der Waals surface area contributed by atoms with Crippen molar-refractivity contribution in [2.75, 3.05) is 14.2 Å². The highest BCUT2D eigenvalue weighted by molar-refractivity contribution is 6.27. The Kier molecular flexibility index (Phi) is 4.47. The van der Waals surface area contributed by atoms with Gasteiger partial charge in [0.25, 0.3) is 0 Å². The summed E-state index contributed by atoms with van der Waals surface area (Å²) in [7, 11) is 2.76. The van der Waals surface area contributed by atoms with Gasteiger partial charge in [0.05, 0.1) is 25.9 Å². The first-order valence-corrected chi connectivity index (χ1v) is 6.79. The van der Waals surface area contributed by atoms with Crippen molar-refractivity contribution in [3.63, 3.8) is 0 Å². The highest BCUT2D eigenvalue weighted by atomic mass is 16.5. The number of Topliss-reactive ketones (excluding diaryl/α,β-unsaturated/α-hetero) is 2. The van der Waals surface area contributed by atoms with Crippen molar-refractivity contribution in [3.8, 4) is 5.75 Å². The summed E-state index contributed by atoms with van der Waals surface area (Å²) in [5.74, 6) is -0.490. The third-order valence-electron chi connectivity index (χ3n) is 3.64. The number of ketones is 2. The lowest BCUT2D eigenvalue weighted by Gasteiger charge is -2.23. The second kappa shape index (κ2) is 6.15. The Hall–Kier alpha value is -2.40. The number of fused-ring (bicyclic) bond motifs is 1. The maximum atomic E-state index is 12.7. The number of ether oxygens (including phenoxy) is 2. The summed E-state index contributed by atoms with van der Waals surface area (Å²) < 4.78 is 10.3. The van der Waals surface area contributed by atoms with E-state index in [9.17, 15) is 14.7 Å². The fraction of sp³-hybridized carbons (Fsp3) is 0.294. The largest absolute Gasteiger partial charge is 0.496 e. The Morgan fingerprint density at radius 1 is 1.23 bits per heavy atom. The second-order valence-corrected chi connectivity index (χ2v) is 5.12. The average molecular weight is 302 g/mol. The topological polar surface area (TPSA) is 72.8 Å². The molecule has 2 rings (SSSR count). The molecule has 0 aliphatic heterocycles. The van der Waals surface area contributed by atoms with Gasteiger partial charge in [-0.1, -0.05) is 24.3 Å². The molecule has 0 unspecified atom stereocenters. The number of aliphatic hydroxyl groups is 1. The van der Waals surface area contributed by atoms with E-state index in [0.29, 0.717) is 11.3 Å². The van der Waals surface area contributed by atoms with Crippen LogP contribution in [0.3, 0.4) is 0 Å². The van der Waals surface area contributed by atoms with E-state index in [1.54, 1.807) is 25.1 Å². The van der Waals surface area contributed by atoms with Crippen LogP contribution in [0.5, 0.6) is 5.75 Å². The van der Waals surface area contributed by atoms with Crippen molar-refractivity contribution >= 4 is 11.6 Å². The summed E-state index contributed by atoms with van der Waals surface area (Å²) >= 11 is 0. The summed E-state index contributed by atoms with van der Waals surface area (Å²) in [6.07, 6.45) is -0.927. The van der Waals surface area contributed by atoms with Gasteiger partial charge in [0.2, 0.25) is 5.78 Å². The second-order valence-electron chi connectivity index (χ2n) is 5.12. The minimum atomic E-state index is -0.913. The predicted molar refractivity (Wildman–Crippen MR) is 81.1 cm³/mol. The van der Waals surface area contributed by atoms with E-state index in [1.165, 1.54) is 14.2 Å². The lowest BCUT2D eigenvalue weighted by Crippen LogP contribution is -2.26. The van der Waals surface area contributed by atoms with Crippen LogP contribution in [0.1, 0.15) is 34.1 Å². The van der Waals surface area contributed by atoms with E-state index in [2.05, 4.69) is 6.58 Å². The van der Waals surface area contributed by atoms with Crippen LogP contribution in [-0.4, -0.2) is 37.0 Å². The molecule has 1 aromatic carbocycles. The van der Waals surface area contributed by atoms with Gasteiger partial charge in [0, 0.05) is 17.6 Å². The zero-order valence-electron chi connectivity index (χ0n) is 12.8. The van der Waals surface area contributed by atoms with E-state index in [4.69, 9.17) is 9.47 Å². The molecule has 22 heavy (non-hydrogen) atoms. The fourth-order valence-electron chi connectivity index (χ4n) is 2.41. The van der Waals surface area contributed by atoms with Crippen LogP contribution in [0.25, 0.3) is 0 Å². The van der Waals surface area contributed by atoms with E-state index >= 15 is 0 Å². The molecule has 0 heterocycles. The van der Waals surface area contributed by atoms with E-state index in [-0.39, 0.29) is 34.7 Å². The van der Waals surface area contributed by atoms with Crippen molar-refractivity contribution < 1.29 is 24.2 Å². The first-order valence-electron chi connectivity index (χ1n) is 6.79. The van der Waals surface area contributed by atoms with Crippen molar-refractivity contribution in [2.45, 2.75) is 19.4 Å². The maximum Gasteiger partial charge on any atom is 0.232 e. The standard InChI is InChI=1S/C17H18O5/c1-9(2)12(18)8-11-15(19)10-6-5-7-13(21-3)14(10)16(20)17(11)22-4/h5-7,12,18H,1,8H2,2-4H3/t12-/m0/s1. The van der Waals surface area contributed by atoms with Crippen LogP contribution < -0.4 is 4.74 Å². The third-order valence-corrected chi connectivity index (χ3v) is 3.64. The Morgan fingerprint density at radius 2 is 1.91 bits per heavy atom. The van der Waals surface area contributed by atoms with Gasteiger partial charge >= 0.3 is 0 Å². The molecule has 0 bridgehead atoms.